The smallest absolute Gasteiger partial charge is 0.184 e. The Balaban J connectivity index is 0.000000720. The van der Waals surface area contributed by atoms with Gasteiger partial charge in [-0.1, -0.05) is 18.2 Å². The summed E-state index contributed by atoms with van der Waals surface area (Å²) in [7, 11) is 0. The summed E-state index contributed by atoms with van der Waals surface area (Å²) < 4.78 is 0. The van der Waals surface area contributed by atoms with Gasteiger partial charge >= 0.3 is 0 Å². The van der Waals surface area contributed by atoms with Gasteiger partial charge in [0.25, 0.3) is 0 Å². The van der Waals surface area contributed by atoms with Crippen LogP contribution in [0.2, 0.25) is 0 Å². The van der Waals surface area contributed by atoms with E-state index >= 15 is 0 Å². The maximum Gasteiger partial charge on any atom is 0.184 e. The molecule has 0 spiro atoms. The van der Waals surface area contributed by atoms with Crippen molar-refractivity contribution in [1.82, 2.24) is 0 Å². The molecule has 1 heterocycles. The van der Waals surface area contributed by atoms with Gasteiger partial charge < -0.3 is 24.0 Å². The third kappa shape index (κ3) is 1.58. The van der Waals surface area contributed by atoms with E-state index in [9.17, 15) is 0 Å². The molecule has 0 unspecified atom stereocenters. The highest BCUT2D eigenvalue weighted by molar-refractivity contribution is 5.82. The summed E-state index contributed by atoms with van der Waals surface area (Å²) in [5.41, 5.74) is 1.23. The van der Waals surface area contributed by atoms with Gasteiger partial charge in [0, 0.05) is 18.4 Å². The fourth-order valence-electron chi connectivity index (χ4n) is 1.32. The van der Waals surface area contributed by atoms with Crippen LogP contribution in [0.3, 0.4) is 0 Å². The van der Waals surface area contributed by atoms with E-state index in [-0.39, 0.29) is 24.0 Å². The second-order valence-electron chi connectivity index (χ2n) is 2.69. The Kier molecular flexibility index (Phi) is 3.03. The number of hydrogen-bond acceptors (Lipinski definition) is 0. The van der Waals surface area contributed by atoms with Gasteiger partial charge in [0.1, 0.15) is 0 Å². The zero-order valence-corrected chi connectivity index (χ0v) is 9.00. The van der Waals surface area contributed by atoms with Crippen LogP contribution in [0.4, 0.5) is 0 Å². The van der Waals surface area contributed by atoms with E-state index in [0.29, 0.717) is 0 Å². The van der Waals surface area contributed by atoms with Gasteiger partial charge in [-0.3, -0.25) is 0 Å². The minimum atomic E-state index is 0. The molecule has 0 aliphatic heterocycles. The molecule has 1 N–H and O–H groups in total. The highest BCUT2D eigenvalue weighted by Gasteiger charge is 1.98. The Morgan fingerprint density at radius 2 is 1.83 bits per heavy atom. The first-order valence-electron chi connectivity index (χ1n) is 3.74. The Hall–Kier alpha value is -0.640. The van der Waals surface area contributed by atoms with Crippen LogP contribution in [0.15, 0.2) is 36.5 Å². The third-order valence-electron chi connectivity index (χ3n) is 1.93. The second kappa shape index (κ2) is 3.85. The number of aromatic nitrogens is 1. The second-order valence-corrected chi connectivity index (χ2v) is 2.69. The van der Waals surface area contributed by atoms with Gasteiger partial charge in [0.2, 0.25) is 0 Å². The summed E-state index contributed by atoms with van der Waals surface area (Å²) in [5, 5.41) is 2.60. The molecule has 0 aliphatic rings. The summed E-state index contributed by atoms with van der Waals surface area (Å²) in [6.45, 7) is 2.09. The molecule has 1 nitrogen and oxygen atoms in total. The number of halogens is 1. The lowest BCUT2D eigenvalue weighted by molar-refractivity contribution is -0.385. The normalized spacial score (nSPS) is 9.42. The van der Waals surface area contributed by atoms with Crippen LogP contribution in [-0.2, 0) is 0 Å². The summed E-state index contributed by atoms with van der Waals surface area (Å²) >= 11 is 0. The lowest BCUT2D eigenvalue weighted by Gasteiger charge is -1.93. The van der Waals surface area contributed by atoms with Crippen molar-refractivity contribution in [1.29, 1.82) is 0 Å². The Labute approximate surface area is 88.8 Å². The van der Waals surface area contributed by atoms with Gasteiger partial charge in [0.05, 0.1) is 0 Å². The Bertz CT molecular complexity index is 379. The molecule has 1 aromatic carbocycles. The first-order chi connectivity index (χ1) is 5.38. The molecule has 2 rings (SSSR count). The van der Waals surface area contributed by atoms with Gasteiger partial charge in [0.15, 0.2) is 11.9 Å². The standard InChI is InChI=1S/C10H9N.HI/c1-8-10-5-3-2-4-9(10)6-7-11-8;/h2-7H,1H3;1H. The third-order valence-corrected chi connectivity index (χ3v) is 1.93. The molecule has 2 heteroatoms. The zero-order valence-electron chi connectivity index (χ0n) is 6.84. The molecule has 0 amide bonds. The van der Waals surface area contributed by atoms with Crippen molar-refractivity contribution in [2.75, 3.05) is 0 Å². The van der Waals surface area contributed by atoms with E-state index in [1.54, 1.807) is 0 Å². The molecule has 62 valence electrons. The molecular weight excluding hydrogens is 261 g/mol. The molecule has 2 aromatic rings. The van der Waals surface area contributed by atoms with Crippen molar-refractivity contribution in [2.24, 2.45) is 0 Å². The van der Waals surface area contributed by atoms with Crippen LogP contribution < -0.4 is 29.0 Å². The maximum absolute atomic E-state index is 3.17. The first kappa shape index (κ1) is 9.45. The number of H-pyrrole nitrogens is 1. The van der Waals surface area contributed by atoms with E-state index in [1.165, 1.54) is 16.5 Å². The molecule has 0 saturated carbocycles. The fourth-order valence-corrected chi connectivity index (χ4v) is 1.32. The number of nitrogens with one attached hydrogen (secondary N) is 1. The van der Waals surface area contributed by atoms with Crippen LogP contribution in [0, 0.1) is 6.92 Å². The predicted molar refractivity (Wildman–Crippen MR) is 45.2 cm³/mol. The van der Waals surface area contributed by atoms with Crippen molar-refractivity contribution >= 4 is 10.8 Å². The number of rotatable bonds is 0. The minimum Gasteiger partial charge on any atom is -1.00 e. The van der Waals surface area contributed by atoms with Crippen molar-refractivity contribution in [3.8, 4) is 0 Å². The number of aromatic amines is 1. The number of pyridine rings is 1. The first-order valence-corrected chi connectivity index (χ1v) is 3.74. The zero-order chi connectivity index (χ0) is 7.68. The van der Waals surface area contributed by atoms with E-state index in [2.05, 4.69) is 42.2 Å². The van der Waals surface area contributed by atoms with E-state index in [0.717, 1.165) is 0 Å². The number of fused-ring (bicyclic) bond motifs is 1. The molecule has 12 heavy (non-hydrogen) atoms. The average molecular weight is 271 g/mol. The van der Waals surface area contributed by atoms with Crippen molar-refractivity contribution in [3.63, 3.8) is 0 Å². The molecule has 0 atom stereocenters. The fraction of sp³-hybridized carbons (Fsp3) is 0.100. The maximum atomic E-state index is 3.17. The van der Waals surface area contributed by atoms with Gasteiger partial charge in [-0.05, 0) is 11.5 Å². The van der Waals surface area contributed by atoms with Crippen LogP contribution >= 0.6 is 0 Å². The van der Waals surface area contributed by atoms with Crippen LogP contribution in [0.5, 0.6) is 0 Å². The topological polar surface area (TPSA) is 14.1 Å². The van der Waals surface area contributed by atoms with E-state index in [4.69, 9.17) is 0 Å². The summed E-state index contributed by atoms with van der Waals surface area (Å²) in [5.74, 6) is 0. The summed E-state index contributed by atoms with van der Waals surface area (Å²) in [6, 6.07) is 10.4. The van der Waals surface area contributed by atoms with Gasteiger partial charge in [-0.2, -0.15) is 0 Å². The lowest BCUT2D eigenvalue weighted by atomic mass is 10.1. The minimum absolute atomic E-state index is 0. The molecule has 0 radical (unpaired) electrons. The molecule has 0 aliphatic carbocycles. The molecule has 0 bridgehead atoms. The largest absolute Gasteiger partial charge is 1.00 e. The van der Waals surface area contributed by atoms with Gasteiger partial charge in [-0.25, -0.2) is 4.98 Å². The number of hydrogen-bond donors (Lipinski definition) is 0. The average Bonchev–Trinajstić information content (AvgIpc) is 2.06. The SMILES string of the molecule is Cc1[nH+]ccc2ccccc12.[I-]. The number of benzene rings is 1. The van der Waals surface area contributed by atoms with Crippen molar-refractivity contribution < 1.29 is 29.0 Å². The van der Waals surface area contributed by atoms with E-state index < -0.39 is 0 Å². The Morgan fingerprint density at radius 3 is 2.58 bits per heavy atom. The lowest BCUT2D eigenvalue weighted by Crippen LogP contribution is -3.00. The van der Waals surface area contributed by atoms with Gasteiger partial charge in [-0.15, -0.1) is 0 Å². The molecule has 1 aromatic heterocycles. The van der Waals surface area contributed by atoms with Crippen molar-refractivity contribution in [2.45, 2.75) is 6.92 Å². The highest BCUT2D eigenvalue weighted by atomic mass is 127. The van der Waals surface area contributed by atoms with E-state index in [1.807, 2.05) is 6.20 Å². The molecule has 0 saturated heterocycles. The number of aryl methyl sites for hydroxylation is 1. The van der Waals surface area contributed by atoms with Crippen molar-refractivity contribution in [3.05, 3.63) is 42.2 Å². The van der Waals surface area contributed by atoms with Crippen LogP contribution in [-0.4, -0.2) is 0 Å². The molecule has 0 fully saturated rings. The highest BCUT2D eigenvalue weighted by Crippen LogP contribution is 2.12. The quantitative estimate of drug-likeness (QED) is 0.544. The monoisotopic (exact) mass is 271 g/mol. The molecular formula is C10H10IN. The Morgan fingerprint density at radius 1 is 1.08 bits per heavy atom. The summed E-state index contributed by atoms with van der Waals surface area (Å²) in [4.78, 5) is 3.17. The summed E-state index contributed by atoms with van der Waals surface area (Å²) in [6.07, 6.45) is 1.97. The predicted octanol–water partition coefficient (Wildman–Crippen LogP) is -1.03. The van der Waals surface area contributed by atoms with Crippen LogP contribution in [0.1, 0.15) is 5.69 Å². The van der Waals surface area contributed by atoms with Crippen LogP contribution in [0.25, 0.3) is 10.8 Å².